The van der Waals surface area contributed by atoms with Crippen LogP contribution in [-0.2, 0) is 5.41 Å². The zero-order valence-electron chi connectivity index (χ0n) is 31.5. The summed E-state index contributed by atoms with van der Waals surface area (Å²) in [4.78, 5) is 0. The van der Waals surface area contributed by atoms with Crippen LogP contribution >= 0.6 is 0 Å². The van der Waals surface area contributed by atoms with Crippen molar-refractivity contribution >= 4 is 43.5 Å². The highest BCUT2D eigenvalue weighted by Crippen LogP contribution is 2.63. The number of hydrogen-bond donors (Lipinski definition) is 0. The van der Waals surface area contributed by atoms with E-state index in [-0.39, 0.29) is 0 Å². The maximum Gasteiger partial charge on any atom is 0.135 e. The van der Waals surface area contributed by atoms with Gasteiger partial charge in [0.15, 0.2) is 0 Å². The number of hydrogen-bond acceptors (Lipinski definition) is 1. The van der Waals surface area contributed by atoms with Crippen molar-refractivity contribution in [2.45, 2.75) is 5.41 Å². The first kappa shape index (κ1) is 31.7. The van der Waals surface area contributed by atoms with Crippen LogP contribution < -0.4 is 0 Å². The zero-order chi connectivity index (χ0) is 38.0. The van der Waals surface area contributed by atoms with Crippen molar-refractivity contribution in [3.05, 3.63) is 229 Å². The largest absolute Gasteiger partial charge is 0.456 e. The van der Waals surface area contributed by atoms with Crippen molar-refractivity contribution < 1.29 is 4.42 Å². The minimum absolute atomic E-state index is 0.404. The second kappa shape index (κ2) is 11.8. The topological polar surface area (TPSA) is 13.1 Å². The Morgan fingerprint density at radius 1 is 0.259 bits per heavy atom. The third-order valence-corrected chi connectivity index (χ3v) is 13.1. The summed E-state index contributed by atoms with van der Waals surface area (Å²) in [6.45, 7) is 0. The van der Waals surface area contributed by atoms with Gasteiger partial charge in [-0.15, -0.1) is 0 Å². The number of rotatable bonds is 3. The van der Waals surface area contributed by atoms with Crippen LogP contribution in [0.4, 0.5) is 0 Å². The Balaban J connectivity index is 1.03. The highest BCUT2D eigenvalue weighted by molar-refractivity contribution is 6.22. The average molecular weight is 735 g/mol. The highest BCUT2D eigenvalue weighted by Gasteiger charge is 2.51. The molecule has 2 aliphatic carbocycles. The summed E-state index contributed by atoms with van der Waals surface area (Å²) in [5.74, 6) is 0. The molecule has 1 heteroatoms. The second-order valence-electron chi connectivity index (χ2n) is 15.9. The first-order valence-corrected chi connectivity index (χ1v) is 20.2. The maximum atomic E-state index is 6.84. The normalized spacial score (nSPS) is 13.3. The molecule has 1 aromatic heterocycles. The minimum atomic E-state index is -0.404. The fraction of sp³-hybridized carbons (Fsp3) is 0.0175. The second-order valence-corrected chi connectivity index (χ2v) is 15.9. The lowest BCUT2D eigenvalue weighted by Gasteiger charge is -2.30. The summed E-state index contributed by atoms with van der Waals surface area (Å²) in [5, 5.41) is 7.26. The van der Waals surface area contributed by atoms with E-state index in [2.05, 4.69) is 206 Å². The number of benzene rings is 10. The van der Waals surface area contributed by atoms with Gasteiger partial charge in [0.1, 0.15) is 11.2 Å². The first-order valence-electron chi connectivity index (χ1n) is 20.2. The van der Waals surface area contributed by atoms with E-state index in [1.54, 1.807) is 0 Å². The van der Waals surface area contributed by atoms with Gasteiger partial charge in [-0.05, 0) is 124 Å². The predicted molar refractivity (Wildman–Crippen MR) is 241 cm³/mol. The molecule has 1 spiro atoms. The Hall–Kier alpha value is -7.48. The summed E-state index contributed by atoms with van der Waals surface area (Å²) in [7, 11) is 0. The van der Waals surface area contributed by atoms with Crippen LogP contribution in [0.3, 0.4) is 0 Å². The molecular weight excluding hydrogens is 701 g/mol. The molecule has 1 nitrogen and oxygen atoms in total. The molecule has 0 unspecified atom stereocenters. The van der Waals surface area contributed by atoms with E-state index in [1.165, 1.54) is 99.4 Å². The Bertz CT molecular complexity index is 3390. The molecule has 0 saturated heterocycles. The molecule has 0 bridgehead atoms. The van der Waals surface area contributed by atoms with Crippen LogP contribution in [0.2, 0.25) is 0 Å². The van der Waals surface area contributed by atoms with Crippen molar-refractivity contribution in [2.75, 3.05) is 0 Å². The van der Waals surface area contributed by atoms with Crippen molar-refractivity contribution in [3.63, 3.8) is 0 Å². The van der Waals surface area contributed by atoms with Gasteiger partial charge in [0, 0.05) is 10.8 Å². The van der Waals surface area contributed by atoms with Crippen molar-refractivity contribution in [2.24, 2.45) is 0 Å². The molecule has 0 fully saturated rings. The lowest BCUT2D eigenvalue weighted by atomic mass is 9.70. The molecule has 268 valence electrons. The van der Waals surface area contributed by atoms with Gasteiger partial charge < -0.3 is 4.42 Å². The van der Waals surface area contributed by atoms with E-state index in [0.29, 0.717) is 0 Å². The van der Waals surface area contributed by atoms with Crippen LogP contribution in [0.1, 0.15) is 22.3 Å². The van der Waals surface area contributed by atoms with E-state index in [1.807, 2.05) is 0 Å². The van der Waals surface area contributed by atoms with E-state index in [4.69, 9.17) is 4.42 Å². The van der Waals surface area contributed by atoms with Crippen molar-refractivity contribution in [3.8, 4) is 55.6 Å². The highest BCUT2D eigenvalue weighted by atomic mass is 16.3. The molecule has 13 rings (SSSR count). The van der Waals surface area contributed by atoms with Gasteiger partial charge in [-0.2, -0.15) is 0 Å². The molecule has 11 aromatic rings. The standard InChI is InChI=1S/C57H34O/c1-2-14-35(15-3-1)36-26-28-37(29-27-36)55-42-19-4-6-21-44(42)56(45-22-7-5-20-43(45)55)38-30-31-53-47(32-38)48-33-46-41-18-10-13-25-51(41)57(52(46)34-54(48)58-53)49-23-11-8-16-39(49)40-17-9-12-24-50(40)57/h1-34H. The van der Waals surface area contributed by atoms with Gasteiger partial charge in [-0.25, -0.2) is 0 Å². The lowest BCUT2D eigenvalue weighted by molar-refractivity contribution is 0.666. The molecule has 0 N–H and O–H groups in total. The smallest absolute Gasteiger partial charge is 0.135 e. The molecule has 10 aromatic carbocycles. The quantitative estimate of drug-likeness (QED) is 0.165. The van der Waals surface area contributed by atoms with Gasteiger partial charge in [0.2, 0.25) is 0 Å². The van der Waals surface area contributed by atoms with Gasteiger partial charge >= 0.3 is 0 Å². The molecule has 2 aliphatic rings. The predicted octanol–water partition coefficient (Wildman–Crippen LogP) is 15.2. The fourth-order valence-corrected chi connectivity index (χ4v) is 10.7. The van der Waals surface area contributed by atoms with E-state index < -0.39 is 5.41 Å². The first-order chi connectivity index (χ1) is 28.8. The van der Waals surface area contributed by atoms with E-state index in [9.17, 15) is 0 Å². The van der Waals surface area contributed by atoms with Crippen molar-refractivity contribution in [1.82, 2.24) is 0 Å². The van der Waals surface area contributed by atoms with Crippen LogP contribution in [0.25, 0.3) is 99.1 Å². The number of fused-ring (bicyclic) bond motifs is 15. The monoisotopic (exact) mass is 734 g/mol. The van der Waals surface area contributed by atoms with Gasteiger partial charge in [0.25, 0.3) is 0 Å². The number of furan rings is 1. The summed E-state index contributed by atoms with van der Waals surface area (Å²) in [6, 6.07) is 76.0. The summed E-state index contributed by atoms with van der Waals surface area (Å²) in [6.07, 6.45) is 0. The molecule has 0 atom stereocenters. The summed E-state index contributed by atoms with van der Waals surface area (Å²) >= 11 is 0. The molecule has 0 aliphatic heterocycles. The third-order valence-electron chi connectivity index (χ3n) is 13.1. The van der Waals surface area contributed by atoms with Crippen molar-refractivity contribution in [1.29, 1.82) is 0 Å². The Morgan fingerprint density at radius 3 is 1.28 bits per heavy atom. The van der Waals surface area contributed by atoms with Gasteiger partial charge in [-0.1, -0.05) is 182 Å². The molecular formula is C57H34O. The van der Waals surface area contributed by atoms with Crippen LogP contribution in [0.5, 0.6) is 0 Å². The Kier molecular flexibility index (Phi) is 6.43. The van der Waals surface area contributed by atoms with E-state index >= 15 is 0 Å². The molecule has 1 heterocycles. The molecule has 0 radical (unpaired) electrons. The Morgan fingerprint density at radius 2 is 0.690 bits per heavy atom. The van der Waals surface area contributed by atoms with E-state index in [0.717, 1.165) is 21.9 Å². The minimum Gasteiger partial charge on any atom is -0.456 e. The molecule has 58 heavy (non-hydrogen) atoms. The fourth-order valence-electron chi connectivity index (χ4n) is 10.7. The van der Waals surface area contributed by atoms with Gasteiger partial charge in [-0.3, -0.25) is 0 Å². The molecule has 0 amide bonds. The van der Waals surface area contributed by atoms with Crippen LogP contribution in [0, 0.1) is 0 Å². The Labute approximate surface area is 336 Å². The summed E-state index contributed by atoms with van der Waals surface area (Å²) < 4.78 is 6.84. The van der Waals surface area contributed by atoms with Crippen LogP contribution in [-0.4, -0.2) is 0 Å². The lowest BCUT2D eigenvalue weighted by Crippen LogP contribution is -2.25. The average Bonchev–Trinajstić information content (AvgIpc) is 3.91. The summed E-state index contributed by atoms with van der Waals surface area (Å²) in [5.41, 5.74) is 19.3. The van der Waals surface area contributed by atoms with Crippen LogP contribution in [0.15, 0.2) is 211 Å². The van der Waals surface area contributed by atoms with Gasteiger partial charge in [0.05, 0.1) is 5.41 Å². The maximum absolute atomic E-state index is 6.84. The third kappa shape index (κ3) is 4.15. The SMILES string of the molecule is c1ccc(-c2ccc(-c3c4ccccc4c(-c4ccc5oc6cc7c(cc6c5c4)-c4ccccc4C74c5ccccc5-c5ccccc54)c4ccccc34)cc2)cc1. The molecule has 0 saturated carbocycles. The zero-order valence-corrected chi connectivity index (χ0v) is 31.5.